The zero-order valence-corrected chi connectivity index (χ0v) is 7.59. The summed E-state index contributed by atoms with van der Waals surface area (Å²) in [6.45, 7) is 0. The summed E-state index contributed by atoms with van der Waals surface area (Å²) in [4.78, 5) is 10.7. The third kappa shape index (κ3) is 1.13. The van der Waals surface area contributed by atoms with Gasteiger partial charge in [-0.05, 0) is 35.2 Å². The first-order valence-corrected chi connectivity index (χ1v) is 4.58. The van der Waals surface area contributed by atoms with E-state index < -0.39 is 10.7 Å². The maximum absolute atomic E-state index is 10.7. The van der Waals surface area contributed by atoms with Crippen LogP contribution in [0.3, 0.4) is 0 Å². The quantitative estimate of drug-likeness (QED) is 0.464. The van der Waals surface area contributed by atoms with E-state index in [9.17, 15) is 4.79 Å². The number of ether oxygens (including phenoxy) is 2. The highest BCUT2D eigenvalue weighted by Gasteiger charge is 2.50. The third-order valence-electron chi connectivity index (χ3n) is 2.21. The summed E-state index contributed by atoms with van der Waals surface area (Å²) in [7, 11) is 0. The predicted octanol–water partition coefficient (Wildman–Crippen LogP) is 2.19. The highest BCUT2D eigenvalue weighted by Crippen LogP contribution is 2.43. The molecule has 1 saturated carbocycles. The van der Waals surface area contributed by atoms with Crippen LogP contribution in [0.2, 0.25) is 0 Å². The van der Waals surface area contributed by atoms with Crippen molar-refractivity contribution in [3.63, 3.8) is 0 Å². The van der Waals surface area contributed by atoms with Crippen molar-refractivity contribution in [2.45, 2.75) is 36.3 Å². The third-order valence-corrected chi connectivity index (χ3v) is 3.28. The van der Waals surface area contributed by atoms with E-state index in [2.05, 4.69) is 15.9 Å². The van der Waals surface area contributed by atoms with Crippen LogP contribution < -0.4 is 0 Å². The molecule has 0 spiro atoms. The smallest absolute Gasteiger partial charge is 0.426 e. The summed E-state index contributed by atoms with van der Waals surface area (Å²) in [6.07, 6.45) is 3.39. The van der Waals surface area contributed by atoms with E-state index in [4.69, 9.17) is 9.47 Å². The molecule has 2 rings (SSSR count). The number of hydrogen-bond donors (Lipinski definition) is 0. The van der Waals surface area contributed by atoms with Gasteiger partial charge in [0.1, 0.15) is 0 Å². The largest absolute Gasteiger partial charge is 0.510 e. The van der Waals surface area contributed by atoms with Crippen molar-refractivity contribution in [3.05, 3.63) is 0 Å². The number of alkyl halides is 1. The van der Waals surface area contributed by atoms with E-state index in [1.165, 1.54) is 0 Å². The Morgan fingerprint density at radius 3 is 3.09 bits per heavy atom. The van der Waals surface area contributed by atoms with E-state index >= 15 is 0 Å². The molecule has 0 radical (unpaired) electrons. The molecule has 0 bridgehead atoms. The number of rotatable bonds is 0. The lowest BCUT2D eigenvalue weighted by atomic mass is 9.95. The van der Waals surface area contributed by atoms with Crippen LogP contribution in [0.15, 0.2) is 0 Å². The van der Waals surface area contributed by atoms with Crippen LogP contribution in [0.25, 0.3) is 0 Å². The van der Waals surface area contributed by atoms with Crippen molar-refractivity contribution in [2.75, 3.05) is 0 Å². The van der Waals surface area contributed by atoms with Crippen LogP contribution in [0, 0.1) is 0 Å². The van der Waals surface area contributed by atoms with E-state index in [0.29, 0.717) is 0 Å². The topological polar surface area (TPSA) is 35.5 Å². The molecule has 2 aliphatic rings. The van der Waals surface area contributed by atoms with E-state index in [-0.39, 0.29) is 6.10 Å². The minimum Gasteiger partial charge on any atom is -0.426 e. The molecule has 0 amide bonds. The Balaban J connectivity index is 2.17. The molecule has 4 heteroatoms. The minimum atomic E-state index is -0.534. The van der Waals surface area contributed by atoms with Gasteiger partial charge in [-0.25, -0.2) is 4.79 Å². The molecule has 2 fully saturated rings. The minimum absolute atomic E-state index is 0.0660. The lowest BCUT2D eigenvalue weighted by molar-refractivity contribution is 0.0860. The first kappa shape index (κ1) is 7.40. The Morgan fingerprint density at radius 2 is 2.36 bits per heavy atom. The molecule has 1 aliphatic heterocycles. The van der Waals surface area contributed by atoms with E-state index in [1.807, 2.05) is 0 Å². The first-order chi connectivity index (χ1) is 5.21. The fraction of sp³-hybridized carbons (Fsp3) is 0.857. The van der Waals surface area contributed by atoms with Crippen LogP contribution in [0.4, 0.5) is 4.79 Å². The van der Waals surface area contributed by atoms with Gasteiger partial charge in [-0.2, -0.15) is 0 Å². The van der Waals surface area contributed by atoms with Crippen molar-refractivity contribution in [1.82, 2.24) is 0 Å². The van der Waals surface area contributed by atoms with Crippen molar-refractivity contribution in [2.24, 2.45) is 0 Å². The van der Waals surface area contributed by atoms with Crippen LogP contribution in [0.1, 0.15) is 25.7 Å². The highest BCUT2D eigenvalue weighted by molar-refractivity contribution is 9.10. The maximum atomic E-state index is 10.7. The average Bonchev–Trinajstić information content (AvgIpc) is 2.22. The lowest BCUT2D eigenvalue weighted by Gasteiger charge is -2.28. The molecule has 0 N–H and O–H groups in total. The summed E-state index contributed by atoms with van der Waals surface area (Å²) in [5.41, 5.74) is 0. The summed E-state index contributed by atoms with van der Waals surface area (Å²) in [6, 6.07) is 0. The first-order valence-electron chi connectivity index (χ1n) is 3.79. The second-order valence-electron chi connectivity index (χ2n) is 2.99. The molecule has 11 heavy (non-hydrogen) atoms. The van der Waals surface area contributed by atoms with Gasteiger partial charge in [0.05, 0.1) is 0 Å². The fourth-order valence-electron chi connectivity index (χ4n) is 1.61. The maximum Gasteiger partial charge on any atom is 0.510 e. The zero-order valence-electron chi connectivity index (χ0n) is 6.01. The molecule has 0 aromatic heterocycles. The molecule has 1 aliphatic carbocycles. The number of carbonyl (C=O) groups is 1. The highest BCUT2D eigenvalue weighted by atomic mass is 79.9. The molecular weight excluding hydrogens is 212 g/mol. The Bertz CT molecular complexity index is 194. The normalized spacial score (nSPS) is 42.6. The van der Waals surface area contributed by atoms with Crippen LogP contribution in [0.5, 0.6) is 0 Å². The molecule has 1 heterocycles. The molecule has 3 nitrogen and oxygen atoms in total. The summed E-state index contributed by atoms with van der Waals surface area (Å²) >= 11 is 3.40. The van der Waals surface area contributed by atoms with Gasteiger partial charge in [-0.3, -0.25) is 0 Å². The molecule has 2 unspecified atom stereocenters. The van der Waals surface area contributed by atoms with Gasteiger partial charge in [0, 0.05) is 6.42 Å². The van der Waals surface area contributed by atoms with Gasteiger partial charge < -0.3 is 9.47 Å². The van der Waals surface area contributed by atoms with Crippen molar-refractivity contribution in [3.8, 4) is 0 Å². The van der Waals surface area contributed by atoms with Crippen LogP contribution in [-0.2, 0) is 9.47 Å². The lowest BCUT2D eigenvalue weighted by Crippen LogP contribution is -2.36. The summed E-state index contributed by atoms with van der Waals surface area (Å²) in [5, 5.41) is 0. The van der Waals surface area contributed by atoms with Crippen molar-refractivity contribution < 1.29 is 14.3 Å². The van der Waals surface area contributed by atoms with E-state index in [1.54, 1.807) is 0 Å². The van der Waals surface area contributed by atoms with Gasteiger partial charge in [-0.1, -0.05) is 0 Å². The number of hydrogen-bond acceptors (Lipinski definition) is 3. The SMILES string of the molecule is O=C1OC2CCCCC2(Br)O1. The van der Waals surface area contributed by atoms with Crippen molar-refractivity contribution in [1.29, 1.82) is 0 Å². The fourth-order valence-corrected chi connectivity index (χ4v) is 2.35. The van der Waals surface area contributed by atoms with Gasteiger partial charge in [-0.15, -0.1) is 0 Å². The molecule has 62 valence electrons. The second-order valence-corrected chi connectivity index (χ2v) is 4.33. The Kier molecular flexibility index (Phi) is 1.59. The summed E-state index contributed by atoms with van der Waals surface area (Å²) < 4.78 is 9.47. The monoisotopic (exact) mass is 220 g/mol. The standard InChI is InChI=1S/C7H9BrO3/c8-7-4-2-1-3-5(7)10-6(9)11-7/h5H,1-4H2. The molecule has 1 saturated heterocycles. The van der Waals surface area contributed by atoms with Gasteiger partial charge in [0.15, 0.2) is 6.10 Å². The Labute approximate surface area is 73.2 Å². The predicted molar refractivity (Wildman–Crippen MR) is 41.5 cm³/mol. The molecule has 2 atom stereocenters. The summed E-state index contributed by atoms with van der Waals surface area (Å²) in [5.74, 6) is 0. The Morgan fingerprint density at radius 1 is 1.55 bits per heavy atom. The number of halogens is 1. The Hall–Kier alpha value is -0.250. The molecule has 0 aromatic carbocycles. The molecular formula is C7H9BrO3. The van der Waals surface area contributed by atoms with E-state index in [0.717, 1.165) is 25.7 Å². The van der Waals surface area contributed by atoms with Gasteiger partial charge in [0.25, 0.3) is 0 Å². The number of carbonyl (C=O) groups excluding carboxylic acids is 1. The van der Waals surface area contributed by atoms with Gasteiger partial charge in [0.2, 0.25) is 4.51 Å². The van der Waals surface area contributed by atoms with Gasteiger partial charge >= 0.3 is 6.16 Å². The number of fused-ring (bicyclic) bond motifs is 1. The zero-order chi connectivity index (χ0) is 7.90. The van der Waals surface area contributed by atoms with Crippen LogP contribution in [-0.4, -0.2) is 16.8 Å². The second kappa shape index (κ2) is 2.37. The van der Waals surface area contributed by atoms with Crippen molar-refractivity contribution >= 4 is 22.1 Å². The van der Waals surface area contributed by atoms with Crippen LogP contribution >= 0.6 is 15.9 Å². The molecule has 0 aromatic rings. The average molecular weight is 221 g/mol.